The van der Waals surface area contributed by atoms with Crippen LogP contribution in [0.3, 0.4) is 0 Å². The predicted octanol–water partition coefficient (Wildman–Crippen LogP) is 6.92. The lowest BCUT2D eigenvalue weighted by Crippen LogP contribution is -2.30. The van der Waals surface area contributed by atoms with E-state index in [0.717, 1.165) is 48.3 Å². The number of hydrogen-bond acceptors (Lipinski definition) is 1. The smallest absolute Gasteiger partial charge is 0.338 e. The van der Waals surface area contributed by atoms with Crippen LogP contribution in [-0.2, 0) is 0 Å². The van der Waals surface area contributed by atoms with E-state index in [2.05, 4.69) is 6.92 Å². The van der Waals surface area contributed by atoms with Crippen molar-refractivity contribution in [1.82, 2.24) is 0 Å². The molecule has 150 valence electrons. The first kappa shape index (κ1) is 19.4. The topological polar surface area (TPSA) is 37.3 Å². The van der Waals surface area contributed by atoms with Gasteiger partial charge in [-0.05, 0) is 84.9 Å². The fourth-order valence-corrected chi connectivity index (χ4v) is 5.72. The lowest BCUT2D eigenvalue weighted by Gasteiger charge is -2.42. The van der Waals surface area contributed by atoms with Crippen molar-refractivity contribution in [3.8, 4) is 0 Å². The van der Waals surface area contributed by atoms with Crippen molar-refractivity contribution >= 4 is 16.7 Å². The molecule has 0 bridgehead atoms. The van der Waals surface area contributed by atoms with Gasteiger partial charge in [0, 0.05) is 5.39 Å². The van der Waals surface area contributed by atoms with E-state index in [1.165, 1.54) is 38.5 Å². The second-order valence-corrected chi connectivity index (χ2v) is 8.86. The van der Waals surface area contributed by atoms with Crippen LogP contribution in [0.25, 0.3) is 10.8 Å². The van der Waals surface area contributed by atoms with Crippen LogP contribution in [0.2, 0.25) is 0 Å². The van der Waals surface area contributed by atoms with E-state index in [1.807, 2.05) is 6.07 Å². The van der Waals surface area contributed by atoms with Gasteiger partial charge in [-0.1, -0.05) is 32.3 Å². The molecule has 0 amide bonds. The van der Waals surface area contributed by atoms with Crippen molar-refractivity contribution in [3.05, 3.63) is 47.0 Å². The molecule has 0 spiro atoms. The molecular weight excluding hydrogens is 358 g/mol. The van der Waals surface area contributed by atoms with Crippen molar-refractivity contribution in [2.24, 2.45) is 17.8 Å². The summed E-state index contributed by atoms with van der Waals surface area (Å²) in [4.78, 5) is 11.1. The maximum atomic E-state index is 14.7. The minimum atomic E-state index is -1.38. The summed E-state index contributed by atoms with van der Waals surface area (Å²) >= 11 is 0. The lowest BCUT2D eigenvalue weighted by atomic mass is 9.63. The van der Waals surface area contributed by atoms with Gasteiger partial charge in [-0.15, -0.1) is 0 Å². The second kappa shape index (κ2) is 7.81. The van der Waals surface area contributed by atoms with E-state index in [0.29, 0.717) is 11.3 Å². The Hall–Kier alpha value is -1.97. The molecule has 4 heteroatoms. The van der Waals surface area contributed by atoms with Crippen molar-refractivity contribution < 1.29 is 18.7 Å². The summed E-state index contributed by atoms with van der Waals surface area (Å²) in [6.45, 7) is 2.26. The molecule has 2 aromatic carbocycles. The van der Waals surface area contributed by atoms with Crippen molar-refractivity contribution in [3.63, 3.8) is 0 Å². The van der Waals surface area contributed by atoms with Gasteiger partial charge in [0.05, 0.1) is 5.56 Å². The standard InChI is InChI=1S/C24H28F2O2/c1-2-3-14-4-5-16-9-17(7-6-15(16)8-14)18-10-19-12-23(26)21(24(27)28)13-20(19)22(25)11-18/h10-17H,2-9H2,1H3,(H,27,28). The molecule has 28 heavy (non-hydrogen) atoms. The number of hydrogen-bond donors (Lipinski definition) is 1. The SMILES string of the molecule is CCCC1CCC2CC(c3cc(F)c4cc(C(=O)O)c(F)cc4c3)CCC2C1. The Morgan fingerprint density at radius 2 is 1.75 bits per heavy atom. The summed E-state index contributed by atoms with van der Waals surface area (Å²) in [6.07, 6.45) is 9.88. The predicted molar refractivity (Wildman–Crippen MR) is 107 cm³/mol. The fourth-order valence-electron chi connectivity index (χ4n) is 5.72. The normalized spacial score (nSPS) is 27.5. The van der Waals surface area contributed by atoms with E-state index < -0.39 is 23.2 Å². The number of aromatic carboxylic acids is 1. The van der Waals surface area contributed by atoms with Crippen LogP contribution in [0, 0.1) is 29.4 Å². The molecule has 2 aliphatic carbocycles. The molecule has 4 rings (SSSR count). The van der Waals surface area contributed by atoms with Crippen LogP contribution in [0.5, 0.6) is 0 Å². The van der Waals surface area contributed by atoms with Gasteiger partial charge in [0.1, 0.15) is 11.6 Å². The van der Waals surface area contributed by atoms with Crippen molar-refractivity contribution in [2.75, 3.05) is 0 Å². The van der Waals surface area contributed by atoms with Gasteiger partial charge in [0.25, 0.3) is 0 Å². The van der Waals surface area contributed by atoms with Crippen LogP contribution in [0.4, 0.5) is 8.78 Å². The molecule has 0 radical (unpaired) electrons. The van der Waals surface area contributed by atoms with Gasteiger partial charge in [0.2, 0.25) is 0 Å². The largest absolute Gasteiger partial charge is 0.478 e. The zero-order valence-corrected chi connectivity index (χ0v) is 16.4. The summed E-state index contributed by atoms with van der Waals surface area (Å²) in [5.41, 5.74) is 0.449. The molecule has 2 fully saturated rings. The molecule has 2 aromatic rings. The van der Waals surface area contributed by atoms with Gasteiger partial charge in [-0.3, -0.25) is 0 Å². The highest BCUT2D eigenvalue weighted by molar-refractivity contribution is 5.95. The van der Waals surface area contributed by atoms with Crippen LogP contribution in [0.15, 0.2) is 24.3 Å². The molecule has 0 saturated heterocycles. The highest BCUT2D eigenvalue weighted by atomic mass is 19.1. The first-order valence-corrected chi connectivity index (χ1v) is 10.6. The lowest BCUT2D eigenvalue weighted by molar-refractivity contribution is 0.0692. The first-order valence-electron chi connectivity index (χ1n) is 10.6. The van der Waals surface area contributed by atoms with E-state index in [4.69, 9.17) is 5.11 Å². The minimum absolute atomic E-state index is 0.177. The summed E-state index contributed by atoms with van der Waals surface area (Å²) in [5.74, 6) is 0.0784. The molecule has 2 aliphatic rings. The molecule has 0 heterocycles. The van der Waals surface area contributed by atoms with Crippen LogP contribution in [0.1, 0.15) is 80.1 Å². The Kier molecular flexibility index (Phi) is 5.39. The number of carbonyl (C=O) groups is 1. The number of carboxylic acids is 1. The Morgan fingerprint density at radius 3 is 2.50 bits per heavy atom. The summed E-state index contributed by atoms with van der Waals surface area (Å²) in [5, 5.41) is 9.70. The highest BCUT2D eigenvalue weighted by Gasteiger charge is 2.35. The minimum Gasteiger partial charge on any atom is -0.478 e. The summed E-state index contributed by atoms with van der Waals surface area (Å²) in [7, 11) is 0. The van der Waals surface area contributed by atoms with Gasteiger partial charge >= 0.3 is 5.97 Å². The average molecular weight is 386 g/mol. The van der Waals surface area contributed by atoms with Gasteiger partial charge in [0.15, 0.2) is 0 Å². The number of benzene rings is 2. The third kappa shape index (κ3) is 3.66. The molecule has 0 aromatic heterocycles. The third-order valence-corrected chi connectivity index (χ3v) is 7.13. The summed E-state index contributed by atoms with van der Waals surface area (Å²) in [6, 6.07) is 5.67. The third-order valence-electron chi connectivity index (χ3n) is 7.13. The zero-order chi connectivity index (χ0) is 19.8. The molecule has 4 atom stereocenters. The van der Waals surface area contributed by atoms with Gasteiger partial charge in [-0.2, -0.15) is 0 Å². The maximum absolute atomic E-state index is 14.7. The van der Waals surface area contributed by atoms with Gasteiger partial charge in [-0.25, -0.2) is 13.6 Å². The molecule has 0 aliphatic heterocycles. The molecule has 4 unspecified atom stereocenters. The molecule has 2 saturated carbocycles. The molecule has 1 N–H and O–H groups in total. The Labute approximate surface area is 164 Å². The monoisotopic (exact) mass is 386 g/mol. The highest BCUT2D eigenvalue weighted by Crippen LogP contribution is 2.48. The van der Waals surface area contributed by atoms with Crippen LogP contribution >= 0.6 is 0 Å². The second-order valence-electron chi connectivity index (χ2n) is 8.86. The molecular formula is C24H28F2O2. The van der Waals surface area contributed by atoms with Crippen molar-refractivity contribution in [2.45, 2.75) is 64.2 Å². The fraction of sp³-hybridized carbons (Fsp3) is 0.542. The maximum Gasteiger partial charge on any atom is 0.338 e. The number of fused-ring (bicyclic) bond motifs is 2. The number of halogens is 2. The number of rotatable bonds is 4. The van der Waals surface area contributed by atoms with Crippen LogP contribution in [-0.4, -0.2) is 11.1 Å². The molecule has 2 nitrogen and oxygen atoms in total. The number of carboxylic acid groups (broad SMARTS) is 1. The first-order chi connectivity index (χ1) is 13.5. The van der Waals surface area contributed by atoms with Crippen molar-refractivity contribution in [1.29, 1.82) is 0 Å². The van der Waals surface area contributed by atoms with E-state index in [-0.39, 0.29) is 5.39 Å². The Bertz CT molecular complexity index is 892. The summed E-state index contributed by atoms with van der Waals surface area (Å²) < 4.78 is 28.8. The van der Waals surface area contributed by atoms with E-state index in [9.17, 15) is 13.6 Å². The van der Waals surface area contributed by atoms with E-state index >= 15 is 0 Å². The van der Waals surface area contributed by atoms with Crippen LogP contribution < -0.4 is 0 Å². The average Bonchev–Trinajstić information content (AvgIpc) is 2.67. The van der Waals surface area contributed by atoms with Gasteiger partial charge < -0.3 is 5.11 Å². The Morgan fingerprint density at radius 1 is 1.00 bits per heavy atom. The zero-order valence-electron chi connectivity index (χ0n) is 16.4. The quantitative estimate of drug-likeness (QED) is 0.619. The van der Waals surface area contributed by atoms with E-state index in [1.54, 1.807) is 6.07 Å². The Balaban J connectivity index is 1.57.